The maximum atomic E-state index is 13.2. The molecule has 0 aliphatic carbocycles. The van der Waals surface area contributed by atoms with Gasteiger partial charge in [-0.05, 0) is 72.5 Å². The molecule has 0 heterocycles. The van der Waals surface area contributed by atoms with E-state index < -0.39 is 0 Å². The number of carbonyl (C=O) groups excluding carboxylic acids is 1. The molecule has 0 radical (unpaired) electrons. The lowest BCUT2D eigenvalue weighted by atomic mass is 9.97. The quantitative estimate of drug-likeness (QED) is 0.360. The van der Waals surface area contributed by atoms with E-state index in [1.807, 2.05) is 36.2 Å². The highest BCUT2D eigenvalue weighted by molar-refractivity contribution is 5.95. The first-order chi connectivity index (χ1) is 15.5. The molecule has 4 aromatic rings. The van der Waals surface area contributed by atoms with Crippen LogP contribution in [0.5, 0.6) is 0 Å². The smallest absolute Gasteiger partial charge is 0.254 e. The Hall–Kier alpha value is -3.59. The van der Waals surface area contributed by atoms with Crippen LogP contribution in [0.4, 0.5) is 5.69 Å². The van der Waals surface area contributed by atoms with Gasteiger partial charge in [0.25, 0.3) is 5.91 Å². The Bertz CT molecular complexity index is 1230. The standard InChI is InChI=1S/C29H30N2O/c1-5-30-26-17-18-28-25(19-26)7-6-8-27(28)21(3)31(4)29(32)24-15-13-23(14-16-24)22-11-9-20(2)10-12-22/h6-19,21,30H,5H2,1-4H3. The fourth-order valence-electron chi connectivity index (χ4n) is 4.13. The second kappa shape index (κ2) is 9.27. The Morgan fingerprint density at radius 2 is 1.56 bits per heavy atom. The molecule has 0 saturated carbocycles. The summed E-state index contributed by atoms with van der Waals surface area (Å²) in [5.41, 5.74) is 6.47. The third kappa shape index (κ3) is 4.38. The molecule has 3 heteroatoms. The molecule has 1 amide bonds. The monoisotopic (exact) mass is 422 g/mol. The van der Waals surface area contributed by atoms with Gasteiger partial charge < -0.3 is 10.2 Å². The molecular formula is C29H30N2O. The molecule has 4 rings (SSSR count). The van der Waals surface area contributed by atoms with Crippen LogP contribution < -0.4 is 5.32 Å². The number of hydrogen-bond donors (Lipinski definition) is 1. The number of fused-ring (bicyclic) bond motifs is 1. The fourth-order valence-corrected chi connectivity index (χ4v) is 4.13. The topological polar surface area (TPSA) is 32.3 Å². The van der Waals surface area contributed by atoms with Gasteiger partial charge in [0.15, 0.2) is 0 Å². The van der Waals surface area contributed by atoms with Crippen molar-refractivity contribution in [2.75, 3.05) is 18.9 Å². The molecule has 0 spiro atoms. The zero-order valence-electron chi connectivity index (χ0n) is 19.2. The predicted octanol–water partition coefficient (Wildman–Crippen LogP) is 7.08. The number of anilines is 1. The number of hydrogen-bond acceptors (Lipinski definition) is 2. The first kappa shape index (κ1) is 21.6. The van der Waals surface area contributed by atoms with Gasteiger partial charge in [-0.1, -0.05) is 66.2 Å². The molecule has 1 N–H and O–H groups in total. The Balaban J connectivity index is 1.56. The van der Waals surface area contributed by atoms with Crippen molar-refractivity contribution in [1.82, 2.24) is 4.90 Å². The summed E-state index contributed by atoms with van der Waals surface area (Å²) < 4.78 is 0. The SMILES string of the molecule is CCNc1ccc2c(C(C)N(C)C(=O)c3ccc(-c4ccc(C)cc4)cc3)cccc2c1. The van der Waals surface area contributed by atoms with E-state index in [0.29, 0.717) is 5.56 Å². The van der Waals surface area contributed by atoms with E-state index in [-0.39, 0.29) is 11.9 Å². The summed E-state index contributed by atoms with van der Waals surface area (Å²) in [7, 11) is 1.88. The molecule has 0 saturated heterocycles. The molecule has 0 aromatic heterocycles. The molecule has 0 fully saturated rings. The van der Waals surface area contributed by atoms with Gasteiger partial charge in [0.2, 0.25) is 0 Å². The third-order valence-corrected chi connectivity index (χ3v) is 6.16. The van der Waals surface area contributed by atoms with Crippen molar-refractivity contribution >= 4 is 22.4 Å². The van der Waals surface area contributed by atoms with Gasteiger partial charge in [-0.3, -0.25) is 4.79 Å². The summed E-state index contributed by atoms with van der Waals surface area (Å²) in [6.45, 7) is 7.16. The van der Waals surface area contributed by atoms with Crippen molar-refractivity contribution < 1.29 is 4.79 Å². The number of aryl methyl sites for hydroxylation is 1. The summed E-state index contributed by atoms with van der Waals surface area (Å²) in [6.07, 6.45) is 0. The van der Waals surface area contributed by atoms with Gasteiger partial charge in [0.05, 0.1) is 6.04 Å². The minimum atomic E-state index is -0.0482. The van der Waals surface area contributed by atoms with E-state index >= 15 is 0 Å². The van der Waals surface area contributed by atoms with Gasteiger partial charge in [0.1, 0.15) is 0 Å². The van der Waals surface area contributed by atoms with Crippen molar-refractivity contribution in [3.8, 4) is 11.1 Å². The Kier molecular flexibility index (Phi) is 6.27. The predicted molar refractivity (Wildman–Crippen MR) is 135 cm³/mol. The Labute approximate surface area is 190 Å². The molecule has 0 aliphatic heterocycles. The Morgan fingerprint density at radius 3 is 2.22 bits per heavy atom. The van der Waals surface area contributed by atoms with Crippen molar-refractivity contribution in [3.05, 3.63) is 102 Å². The summed E-state index contributed by atoms with van der Waals surface area (Å²) in [6, 6.07) is 29.0. The van der Waals surface area contributed by atoms with Gasteiger partial charge in [-0.2, -0.15) is 0 Å². The minimum absolute atomic E-state index is 0.0224. The minimum Gasteiger partial charge on any atom is -0.385 e. The highest BCUT2D eigenvalue weighted by Gasteiger charge is 2.20. The maximum absolute atomic E-state index is 13.2. The average Bonchev–Trinajstić information content (AvgIpc) is 2.83. The molecule has 1 unspecified atom stereocenters. The number of carbonyl (C=O) groups is 1. The van der Waals surface area contributed by atoms with Crippen molar-refractivity contribution in [2.45, 2.75) is 26.8 Å². The van der Waals surface area contributed by atoms with Crippen molar-refractivity contribution in [3.63, 3.8) is 0 Å². The lowest BCUT2D eigenvalue weighted by molar-refractivity contribution is 0.0743. The summed E-state index contributed by atoms with van der Waals surface area (Å²) in [5, 5.41) is 5.72. The number of benzene rings is 4. The van der Waals surface area contributed by atoms with Crippen LogP contribution in [0.15, 0.2) is 84.9 Å². The number of nitrogens with one attached hydrogen (secondary N) is 1. The van der Waals surface area contributed by atoms with Crippen LogP contribution in [-0.4, -0.2) is 24.4 Å². The van der Waals surface area contributed by atoms with Crippen LogP contribution in [0.3, 0.4) is 0 Å². The molecule has 3 nitrogen and oxygen atoms in total. The van der Waals surface area contributed by atoms with E-state index in [9.17, 15) is 4.79 Å². The molecule has 1 atom stereocenters. The lowest BCUT2D eigenvalue weighted by Crippen LogP contribution is -2.29. The first-order valence-corrected chi connectivity index (χ1v) is 11.2. The van der Waals surface area contributed by atoms with Gasteiger partial charge in [0, 0.05) is 24.8 Å². The van der Waals surface area contributed by atoms with Crippen LogP contribution in [-0.2, 0) is 0 Å². The summed E-state index contributed by atoms with van der Waals surface area (Å²) in [5.74, 6) is 0.0224. The van der Waals surface area contributed by atoms with Crippen molar-refractivity contribution in [2.24, 2.45) is 0 Å². The van der Waals surface area contributed by atoms with Gasteiger partial charge >= 0.3 is 0 Å². The Morgan fingerprint density at radius 1 is 0.906 bits per heavy atom. The second-order valence-electron chi connectivity index (χ2n) is 8.35. The van der Waals surface area contributed by atoms with Crippen LogP contribution >= 0.6 is 0 Å². The van der Waals surface area contributed by atoms with Crippen molar-refractivity contribution in [1.29, 1.82) is 0 Å². The van der Waals surface area contributed by atoms with Crippen LogP contribution in [0.1, 0.15) is 41.4 Å². The molecule has 4 aromatic carbocycles. The van der Waals surface area contributed by atoms with Gasteiger partial charge in [-0.25, -0.2) is 0 Å². The van der Waals surface area contributed by atoms with Crippen LogP contribution in [0.2, 0.25) is 0 Å². The zero-order valence-corrected chi connectivity index (χ0v) is 19.2. The van der Waals surface area contributed by atoms with Crippen LogP contribution in [0.25, 0.3) is 21.9 Å². The number of amides is 1. The molecular weight excluding hydrogens is 392 g/mol. The zero-order chi connectivity index (χ0) is 22.7. The maximum Gasteiger partial charge on any atom is 0.254 e. The molecule has 162 valence electrons. The fraction of sp³-hybridized carbons (Fsp3) is 0.207. The lowest BCUT2D eigenvalue weighted by Gasteiger charge is -2.27. The van der Waals surface area contributed by atoms with Crippen LogP contribution in [0, 0.1) is 6.92 Å². The summed E-state index contributed by atoms with van der Waals surface area (Å²) in [4.78, 5) is 15.1. The second-order valence-corrected chi connectivity index (χ2v) is 8.35. The van der Waals surface area contributed by atoms with Gasteiger partial charge in [-0.15, -0.1) is 0 Å². The number of rotatable bonds is 6. The average molecular weight is 423 g/mol. The van der Waals surface area contributed by atoms with E-state index in [1.165, 1.54) is 16.3 Å². The normalized spacial score (nSPS) is 11.9. The number of nitrogens with zero attached hydrogens (tertiary/aromatic N) is 1. The highest BCUT2D eigenvalue weighted by Crippen LogP contribution is 2.30. The molecule has 0 bridgehead atoms. The van der Waals surface area contributed by atoms with E-state index in [1.54, 1.807) is 0 Å². The summed E-state index contributed by atoms with van der Waals surface area (Å²) >= 11 is 0. The van der Waals surface area contributed by atoms with E-state index in [0.717, 1.165) is 28.9 Å². The first-order valence-electron chi connectivity index (χ1n) is 11.2. The molecule has 32 heavy (non-hydrogen) atoms. The largest absolute Gasteiger partial charge is 0.385 e. The molecule has 0 aliphatic rings. The van der Waals surface area contributed by atoms with E-state index in [2.05, 4.69) is 86.8 Å². The highest BCUT2D eigenvalue weighted by atomic mass is 16.2. The van der Waals surface area contributed by atoms with E-state index in [4.69, 9.17) is 0 Å². The third-order valence-electron chi connectivity index (χ3n) is 6.16.